The third-order valence-electron chi connectivity index (χ3n) is 5.65. The standard InChI is InChI=1S/C24H28N4O5/c1-5-27(14-20(29)25-18-8-6-7-9-19(18)33-4)21(30)15-28-22(31)24(3,26-23(28)32)17-12-10-16(2)11-13-17/h6-13H,5,14-15H2,1-4H3,(H,25,29)(H,26,32)/t24-/m1/s1. The molecule has 1 aliphatic heterocycles. The molecule has 1 heterocycles. The lowest BCUT2D eigenvalue weighted by atomic mass is 9.91. The van der Waals surface area contributed by atoms with Gasteiger partial charge in [0.25, 0.3) is 5.91 Å². The minimum Gasteiger partial charge on any atom is -0.495 e. The van der Waals surface area contributed by atoms with Gasteiger partial charge in [-0.05, 0) is 38.5 Å². The molecule has 9 nitrogen and oxygen atoms in total. The van der Waals surface area contributed by atoms with Crippen LogP contribution < -0.4 is 15.4 Å². The van der Waals surface area contributed by atoms with Crippen LogP contribution in [-0.4, -0.2) is 60.3 Å². The van der Waals surface area contributed by atoms with Crippen molar-refractivity contribution in [2.24, 2.45) is 0 Å². The number of carbonyl (C=O) groups excluding carboxylic acids is 4. The fourth-order valence-electron chi connectivity index (χ4n) is 3.65. The number of imide groups is 1. The number of likely N-dealkylation sites (N-methyl/N-ethyl adjacent to an activating group) is 1. The van der Waals surface area contributed by atoms with E-state index in [0.717, 1.165) is 10.5 Å². The van der Waals surface area contributed by atoms with Crippen molar-refractivity contribution in [2.75, 3.05) is 32.1 Å². The zero-order valence-electron chi connectivity index (χ0n) is 19.2. The van der Waals surface area contributed by atoms with Crippen LogP contribution in [0.3, 0.4) is 0 Å². The van der Waals surface area contributed by atoms with E-state index in [0.29, 0.717) is 17.0 Å². The Hall–Kier alpha value is -3.88. The molecule has 9 heteroatoms. The van der Waals surface area contributed by atoms with Crippen LogP contribution in [0.2, 0.25) is 0 Å². The van der Waals surface area contributed by atoms with E-state index < -0.39 is 35.8 Å². The number of amides is 5. The Morgan fingerprint density at radius 1 is 1.12 bits per heavy atom. The number of benzene rings is 2. The number of hydrogen-bond acceptors (Lipinski definition) is 5. The van der Waals surface area contributed by atoms with E-state index in [4.69, 9.17) is 4.74 Å². The van der Waals surface area contributed by atoms with Gasteiger partial charge in [0.15, 0.2) is 0 Å². The minimum absolute atomic E-state index is 0.230. The molecule has 1 aliphatic rings. The second-order valence-corrected chi connectivity index (χ2v) is 7.97. The van der Waals surface area contributed by atoms with E-state index in [1.165, 1.54) is 12.0 Å². The molecule has 33 heavy (non-hydrogen) atoms. The highest BCUT2D eigenvalue weighted by Crippen LogP contribution is 2.29. The molecule has 0 bridgehead atoms. The summed E-state index contributed by atoms with van der Waals surface area (Å²) in [6, 6.07) is 13.5. The van der Waals surface area contributed by atoms with Crippen molar-refractivity contribution in [3.63, 3.8) is 0 Å². The van der Waals surface area contributed by atoms with Crippen molar-refractivity contribution in [3.8, 4) is 5.75 Å². The molecule has 2 aromatic carbocycles. The average Bonchev–Trinajstić information content (AvgIpc) is 3.01. The predicted molar refractivity (Wildman–Crippen MR) is 123 cm³/mol. The Kier molecular flexibility index (Phi) is 7.01. The zero-order chi connectivity index (χ0) is 24.2. The largest absolute Gasteiger partial charge is 0.495 e. The van der Waals surface area contributed by atoms with Gasteiger partial charge in [-0.1, -0.05) is 42.0 Å². The van der Waals surface area contributed by atoms with Crippen molar-refractivity contribution >= 4 is 29.4 Å². The van der Waals surface area contributed by atoms with E-state index in [9.17, 15) is 19.2 Å². The van der Waals surface area contributed by atoms with Crippen LogP contribution in [0, 0.1) is 6.92 Å². The first kappa shape index (κ1) is 23.8. The van der Waals surface area contributed by atoms with Crippen molar-refractivity contribution in [2.45, 2.75) is 26.3 Å². The Morgan fingerprint density at radius 2 is 1.79 bits per heavy atom. The zero-order valence-corrected chi connectivity index (χ0v) is 19.2. The molecule has 1 saturated heterocycles. The Bertz CT molecular complexity index is 1070. The van der Waals surface area contributed by atoms with Crippen LogP contribution in [0.4, 0.5) is 10.5 Å². The van der Waals surface area contributed by atoms with Crippen LogP contribution in [0.5, 0.6) is 5.75 Å². The number of nitrogens with zero attached hydrogens (tertiary/aromatic N) is 2. The summed E-state index contributed by atoms with van der Waals surface area (Å²) in [5.74, 6) is -0.949. The number of urea groups is 1. The summed E-state index contributed by atoms with van der Waals surface area (Å²) >= 11 is 0. The number of ether oxygens (including phenoxy) is 1. The lowest BCUT2D eigenvalue weighted by molar-refractivity contribution is -0.140. The van der Waals surface area contributed by atoms with Crippen molar-refractivity contribution in [3.05, 3.63) is 59.7 Å². The molecule has 0 radical (unpaired) electrons. The monoisotopic (exact) mass is 452 g/mol. The lowest BCUT2D eigenvalue weighted by Gasteiger charge is -2.24. The van der Waals surface area contributed by atoms with E-state index in [1.54, 1.807) is 50.2 Å². The van der Waals surface area contributed by atoms with Crippen LogP contribution in [0.25, 0.3) is 0 Å². The Morgan fingerprint density at radius 3 is 2.42 bits per heavy atom. The molecule has 5 amide bonds. The van der Waals surface area contributed by atoms with Gasteiger partial charge in [0.1, 0.15) is 17.8 Å². The molecule has 2 aromatic rings. The number of para-hydroxylation sites is 2. The van der Waals surface area contributed by atoms with Crippen molar-refractivity contribution < 1.29 is 23.9 Å². The molecule has 0 aliphatic carbocycles. The Balaban J connectivity index is 1.67. The number of anilines is 1. The molecule has 1 atom stereocenters. The first-order chi connectivity index (χ1) is 15.7. The number of nitrogens with one attached hydrogen (secondary N) is 2. The molecule has 0 aromatic heterocycles. The van der Waals surface area contributed by atoms with Crippen molar-refractivity contribution in [1.82, 2.24) is 15.1 Å². The summed E-state index contributed by atoms with van der Waals surface area (Å²) in [6.07, 6.45) is 0. The fraction of sp³-hybridized carbons (Fsp3) is 0.333. The quantitative estimate of drug-likeness (QED) is 0.598. The minimum atomic E-state index is -1.26. The van der Waals surface area contributed by atoms with Gasteiger partial charge >= 0.3 is 6.03 Å². The van der Waals surface area contributed by atoms with Gasteiger partial charge < -0.3 is 20.3 Å². The van der Waals surface area contributed by atoms with E-state index in [-0.39, 0.29) is 13.1 Å². The van der Waals surface area contributed by atoms with Crippen molar-refractivity contribution in [1.29, 1.82) is 0 Å². The summed E-state index contributed by atoms with van der Waals surface area (Å²) in [4.78, 5) is 53.2. The number of carbonyl (C=O) groups is 4. The van der Waals surface area contributed by atoms with E-state index in [2.05, 4.69) is 10.6 Å². The molecule has 174 valence electrons. The highest BCUT2D eigenvalue weighted by atomic mass is 16.5. The van der Waals surface area contributed by atoms with Crippen LogP contribution in [-0.2, 0) is 19.9 Å². The summed E-state index contributed by atoms with van der Waals surface area (Å²) in [6.45, 7) is 4.80. The second kappa shape index (κ2) is 9.72. The topological polar surface area (TPSA) is 108 Å². The third kappa shape index (κ3) is 4.97. The first-order valence-corrected chi connectivity index (χ1v) is 10.6. The molecule has 0 spiro atoms. The van der Waals surface area contributed by atoms with Gasteiger partial charge in [-0.3, -0.25) is 19.3 Å². The van der Waals surface area contributed by atoms with Gasteiger partial charge in [0, 0.05) is 6.54 Å². The second-order valence-electron chi connectivity index (χ2n) is 7.97. The van der Waals surface area contributed by atoms with Gasteiger partial charge in [0.05, 0.1) is 19.3 Å². The van der Waals surface area contributed by atoms with Gasteiger partial charge in [-0.15, -0.1) is 0 Å². The summed E-state index contributed by atoms with van der Waals surface area (Å²) in [5, 5.41) is 5.40. The molecule has 1 fully saturated rings. The maximum atomic E-state index is 13.1. The molecular formula is C24H28N4O5. The van der Waals surface area contributed by atoms with Gasteiger partial charge in [-0.25, -0.2) is 4.79 Å². The predicted octanol–water partition coefficient (Wildman–Crippen LogP) is 2.26. The van der Waals surface area contributed by atoms with Gasteiger partial charge in [0.2, 0.25) is 11.8 Å². The molecule has 3 rings (SSSR count). The van der Waals surface area contributed by atoms with Crippen LogP contribution in [0.1, 0.15) is 25.0 Å². The number of rotatable bonds is 8. The number of aryl methyl sites for hydroxylation is 1. The third-order valence-corrected chi connectivity index (χ3v) is 5.65. The summed E-state index contributed by atoms with van der Waals surface area (Å²) in [5.41, 5.74) is 0.876. The maximum absolute atomic E-state index is 13.1. The number of methoxy groups -OCH3 is 1. The average molecular weight is 453 g/mol. The fourth-order valence-corrected chi connectivity index (χ4v) is 3.65. The Labute approximate surface area is 192 Å². The molecule has 0 unspecified atom stereocenters. The van der Waals surface area contributed by atoms with Gasteiger partial charge in [-0.2, -0.15) is 0 Å². The molecule has 0 saturated carbocycles. The normalized spacial score (nSPS) is 17.5. The maximum Gasteiger partial charge on any atom is 0.325 e. The lowest BCUT2D eigenvalue weighted by Crippen LogP contribution is -2.46. The molecule has 2 N–H and O–H groups in total. The van der Waals surface area contributed by atoms with E-state index >= 15 is 0 Å². The smallest absolute Gasteiger partial charge is 0.325 e. The van der Waals surface area contributed by atoms with Crippen LogP contribution in [0.15, 0.2) is 48.5 Å². The first-order valence-electron chi connectivity index (χ1n) is 10.6. The summed E-state index contributed by atoms with van der Waals surface area (Å²) in [7, 11) is 1.50. The van der Waals surface area contributed by atoms with E-state index in [1.807, 2.05) is 19.1 Å². The highest BCUT2D eigenvalue weighted by molar-refractivity contribution is 6.09. The molecular weight excluding hydrogens is 424 g/mol. The highest BCUT2D eigenvalue weighted by Gasteiger charge is 2.49. The SMILES string of the molecule is CCN(CC(=O)Nc1ccccc1OC)C(=O)CN1C(=O)N[C@](C)(c2ccc(C)cc2)C1=O. The van der Waals surface area contributed by atoms with Crippen LogP contribution >= 0.6 is 0 Å². The summed E-state index contributed by atoms with van der Waals surface area (Å²) < 4.78 is 5.22. The number of hydrogen-bond donors (Lipinski definition) is 2.